The fourth-order valence-electron chi connectivity index (χ4n) is 4.33. The number of anilines is 1. The molecule has 0 fully saturated rings. The lowest BCUT2D eigenvalue weighted by atomic mass is 10.1. The summed E-state index contributed by atoms with van der Waals surface area (Å²) >= 11 is 6.04. The average Bonchev–Trinajstić information content (AvgIpc) is 2.96. The summed E-state index contributed by atoms with van der Waals surface area (Å²) in [6.45, 7) is 4.74. The molecule has 9 nitrogen and oxygen atoms in total. The number of sulfonamides is 1. The highest BCUT2D eigenvalue weighted by Crippen LogP contribution is 2.32. The van der Waals surface area contributed by atoms with Crippen LogP contribution in [-0.2, 0) is 26.2 Å². The van der Waals surface area contributed by atoms with Crippen molar-refractivity contribution in [3.63, 3.8) is 0 Å². The summed E-state index contributed by atoms with van der Waals surface area (Å²) < 4.78 is 53.3. The second kappa shape index (κ2) is 14.4. The van der Waals surface area contributed by atoms with E-state index in [9.17, 15) is 22.4 Å². The number of ether oxygens (including phenoxy) is 2. The Kier molecular flexibility index (Phi) is 11.2. The van der Waals surface area contributed by atoms with Gasteiger partial charge in [-0.3, -0.25) is 13.9 Å². The van der Waals surface area contributed by atoms with Crippen molar-refractivity contribution in [3.8, 4) is 11.5 Å². The Labute approximate surface area is 251 Å². The van der Waals surface area contributed by atoms with E-state index in [2.05, 4.69) is 5.32 Å². The summed E-state index contributed by atoms with van der Waals surface area (Å²) in [6, 6.07) is 14.5. The van der Waals surface area contributed by atoms with Crippen LogP contribution < -0.4 is 19.1 Å². The molecule has 2 amide bonds. The molecule has 0 aliphatic heterocycles. The molecular weight excluding hydrogens is 585 g/mol. The molecule has 0 heterocycles. The van der Waals surface area contributed by atoms with E-state index in [1.165, 1.54) is 49.5 Å². The standard InChI is InChI=1S/C30H35ClFN3O6S/c1-6-26(30(37)33-20(2)3)34(18-21-7-9-22(31)10-8-21)29(36)19-35(24-13-11-23(32)12-14-24)42(38,39)25-15-16-27(40-4)28(17-25)41-5/h7-17,20,26H,6,18-19H2,1-5H3,(H,33,37). The zero-order chi connectivity index (χ0) is 31.0. The van der Waals surface area contributed by atoms with Gasteiger partial charge in [-0.05, 0) is 74.4 Å². The first kappa shape index (κ1) is 32.7. The van der Waals surface area contributed by atoms with Gasteiger partial charge in [-0.1, -0.05) is 30.7 Å². The molecule has 0 radical (unpaired) electrons. The van der Waals surface area contributed by atoms with Crippen LogP contribution in [0.5, 0.6) is 11.5 Å². The van der Waals surface area contributed by atoms with E-state index >= 15 is 0 Å². The molecule has 1 atom stereocenters. The van der Waals surface area contributed by atoms with Crippen LogP contribution in [0.1, 0.15) is 32.8 Å². The van der Waals surface area contributed by atoms with Gasteiger partial charge >= 0.3 is 0 Å². The van der Waals surface area contributed by atoms with Crippen LogP contribution in [0.2, 0.25) is 5.02 Å². The Morgan fingerprint density at radius 3 is 2.12 bits per heavy atom. The molecule has 226 valence electrons. The Hall–Kier alpha value is -3.83. The number of rotatable bonds is 13. The number of benzene rings is 3. The molecule has 0 spiro atoms. The summed E-state index contributed by atoms with van der Waals surface area (Å²) in [5.74, 6) is -1.09. The predicted octanol–water partition coefficient (Wildman–Crippen LogP) is 5.02. The maximum atomic E-state index is 14.1. The van der Waals surface area contributed by atoms with Gasteiger partial charge in [-0.2, -0.15) is 0 Å². The monoisotopic (exact) mass is 619 g/mol. The lowest BCUT2D eigenvalue weighted by Gasteiger charge is -2.33. The third kappa shape index (κ3) is 7.92. The van der Waals surface area contributed by atoms with E-state index in [-0.39, 0.29) is 41.2 Å². The number of methoxy groups -OCH3 is 2. The molecule has 3 rings (SSSR count). The van der Waals surface area contributed by atoms with E-state index in [0.29, 0.717) is 16.3 Å². The van der Waals surface area contributed by atoms with Crippen molar-refractivity contribution < 1.29 is 31.9 Å². The maximum Gasteiger partial charge on any atom is 0.264 e. The molecule has 3 aromatic carbocycles. The van der Waals surface area contributed by atoms with Crippen molar-refractivity contribution in [1.29, 1.82) is 0 Å². The highest BCUT2D eigenvalue weighted by atomic mass is 35.5. The second-order valence-electron chi connectivity index (χ2n) is 9.74. The minimum absolute atomic E-state index is 0.0215. The Balaban J connectivity index is 2.09. The van der Waals surface area contributed by atoms with Crippen LogP contribution >= 0.6 is 11.6 Å². The van der Waals surface area contributed by atoms with Crippen LogP contribution in [0.25, 0.3) is 0 Å². The maximum absolute atomic E-state index is 14.1. The average molecular weight is 620 g/mol. The number of nitrogens with one attached hydrogen (secondary N) is 1. The van der Waals surface area contributed by atoms with Gasteiger partial charge in [0.1, 0.15) is 18.4 Å². The van der Waals surface area contributed by atoms with Gasteiger partial charge in [-0.25, -0.2) is 12.8 Å². The zero-order valence-electron chi connectivity index (χ0n) is 24.1. The SMILES string of the molecule is CCC(C(=O)NC(C)C)N(Cc1ccc(Cl)cc1)C(=O)CN(c1ccc(F)cc1)S(=O)(=O)c1ccc(OC)c(OC)c1. The first-order chi connectivity index (χ1) is 19.9. The first-order valence-corrected chi connectivity index (χ1v) is 15.1. The van der Waals surface area contributed by atoms with E-state index in [0.717, 1.165) is 16.4 Å². The quantitative estimate of drug-likeness (QED) is 0.288. The lowest BCUT2D eigenvalue weighted by Crippen LogP contribution is -2.53. The topological polar surface area (TPSA) is 105 Å². The zero-order valence-corrected chi connectivity index (χ0v) is 25.7. The molecule has 0 saturated heterocycles. The molecule has 3 aromatic rings. The number of hydrogen-bond acceptors (Lipinski definition) is 6. The van der Waals surface area contributed by atoms with Crippen LogP contribution in [0.15, 0.2) is 71.6 Å². The molecule has 0 aliphatic carbocycles. The third-order valence-corrected chi connectivity index (χ3v) is 8.44. The van der Waals surface area contributed by atoms with Crippen molar-refractivity contribution in [2.24, 2.45) is 0 Å². The van der Waals surface area contributed by atoms with E-state index in [1.807, 2.05) is 13.8 Å². The summed E-state index contributed by atoms with van der Waals surface area (Å²) in [5, 5.41) is 3.35. The van der Waals surface area contributed by atoms with Gasteiger partial charge in [0.05, 0.1) is 24.8 Å². The molecule has 0 saturated carbocycles. The Bertz CT molecular complexity index is 1480. The van der Waals surface area contributed by atoms with E-state index in [1.54, 1.807) is 31.2 Å². The van der Waals surface area contributed by atoms with Gasteiger partial charge in [0, 0.05) is 23.7 Å². The number of carbonyl (C=O) groups excluding carboxylic acids is 2. The highest BCUT2D eigenvalue weighted by molar-refractivity contribution is 7.92. The van der Waals surface area contributed by atoms with Crippen LogP contribution in [0.3, 0.4) is 0 Å². The number of hydrogen-bond donors (Lipinski definition) is 1. The predicted molar refractivity (Wildman–Crippen MR) is 160 cm³/mol. The number of halogens is 2. The van der Waals surface area contributed by atoms with E-state index in [4.69, 9.17) is 21.1 Å². The van der Waals surface area contributed by atoms with Crippen LogP contribution in [-0.4, -0.2) is 58.0 Å². The molecule has 0 bridgehead atoms. The third-order valence-electron chi connectivity index (χ3n) is 6.42. The Morgan fingerprint density at radius 2 is 1.57 bits per heavy atom. The largest absolute Gasteiger partial charge is 0.493 e. The minimum Gasteiger partial charge on any atom is -0.493 e. The van der Waals surface area contributed by atoms with Gasteiger partial charge in [0.2, 0.25) is 11.8 Å². The fourth-order valence-corrected chi connectivity index (χ4v) is 5.88. The van der Waals surface area contributed by atoms with Gasteiger partial charge in [0.15, 0.2) is 11.5 Å². The van der Waals surface area contributed by atoms with Crippen LogP contribution in [0.4, 0.5) is 10.1 Å². The molecule has 0 aliphatic rings. The lowest BCUT2D eigenvalue weighted by molar-refractivity contribution is -0.140. The van der Waals surface area contributed by atoms with Crippen molar-refractivity contribution >= 4 is 39.1 Å². The number of carbonyl (C=O) groups is 2. The first-order valence-electron chi connectivity index (χ1n) is 13.3. The summed E-state index contributed by atoms with van der Waals surface area (Å²) in [6.07, 6.45) is 0.275. The fraction of sp³-hybridized carbons (Fsp3) is 0.333. The van der Waals surface area contributed by atoms with Crippen LogP contribution in [0, 0.1) is 5.82 Å². The van der Waals surface area contributed by atoms with Crippen molar-refractivity contribution in [2.75, 3.05) is 25.1 Å². The smallest absolute Gasteiger partial charge is 0.264 e. The molecule has 0 aromatic heterocycles. The summed E-state index contributed by atoms with van der Waals surface area (Å²) in [4.78, 5) is 28.4. The normalized spacial score (nSPS) is 12.0. The van der Waals surface area contributed by atoms with Crippen molar-refractivity contribution in [1.82, 2.24) is 10.2 Å². The Morgan fingerprint density at radius 1 is 0.952 bits per heavy atom. The number of nitrogens with zero attached hydrogens (tertiary/aromatic N) is 2. The number of amides is 2. The highest BCUT2D eigenvalue weighted by Gasteiger charge is 2.34. The van der Waals surface area contributed by atoms with E-state index < -0.39 is 34.3 Å². The molecule has 1 N–H and O–H groups in total. The van der Waals surface area contributed by atoms with Crippen molar-refractivity contribution in [3.05, 3.63) is 83.1 Å². The molecular formula is C30H35ClFN3O6S. The molecule has 42 heavy (non-hydrogen) atoms. The van der Waals surface area contributed by atoms with Crippen molar-refractivity contribution in [2.45, 2.75) is 50.7 Å². The molecule has 12 heteroatoms. The molecule has 1 unspecified atom stereocenters. The van der Waals surface area contributed by atoms with Gasteiger partial charge < -0.3 is 19.7 Å². The van der Waals surface area contributed by atoms with Gasteiger partial charge in [-0.15, -0.1) is 0 Å². The van der Waals surface area contributed by atoms with Gasteiger partial charge in [0.25, 0.3) is 10.0 Å². The minimum atomic E-state index is -4.39. The summed E-state index contributed by atoms with van der Waals surface area (Å²) in [5.41, 5.74) is 0.755. The summed E-state index contributed by atoms with van der Waals surface area (Å²) in [7, 11) is -1.60. The second-order valence-corrected chi connectivity index (χ2v) is 12.0.